The van der Waals surface area contributed by atoms with Gasteiger partial charge in [-0.25, -0.2) is 0 Å². The molecule has 122 valence electrons. The summed E-state index contributed by atoms with van der Waals surface area (Å²) in [4.78, 5) is 14.0. The summed E-state index contributed by atoms with van der Waals surface area (Å²) < 4.78 is 0. The van der Waals surface area contributed by atoms with Gasteiger partial charge in [-0.05, 0) is 66.7 Å². The van der Waals surface area contributed by atoms with E-state index in [-0.39, 0.29) is 17.7 Å². The van der Waals surface area contributed by atoms with E-state index >= 15 is 0 Å². The Morgan fingerprint density at radius 3 is 2.65 bits per heavy atom. The molecule has 0 aliphatic rings. The van der Waals surface area contributed by atoms with Gasteiger partial charge in [-0.2, -0.15) is 11.3 Å². The number of benzene rings is 1. The minimum Gasteiger partial charge on any atom is -0.508 e. The number of likely N-dealkylation sites (N-methyl/N-ethyl adjacent to an activating group) is 1. The van der Waals surface area contributed by atoms with E-state index in [0.717, 1.165) is 17.5 Å². The smallest absolute Gasteiger partial charge is 0.244 e. The zero-order valence-corrected chi connectivity index (χ0v) is 14.2. The van der Waals surface area contributed by atoms with E-state index in [9.17, 15) is 9.90 Å². The molecule has 1 aromatic heterocycles. The molecule has 2 aromatic rings. The maximum Gasteiger partial charge on any atom is 0.244 e. The molecule has 23 heavy (non-hydrogen) atoms. The Hall–Kier alpha value is -2.11. The zero-order chi connectivity index (χ0) is 16.7. The molecular formula is C18H22N2O2S. The molecular weight excluding hydrogens is 308 g/mol. The van der Waals surface area contributed by atoms with Crippen LogP contribution in [-0.4, -0.2) is 42.6 Å². The van der Waals surface area contributed by atoms with Crippen LogP contribution in [0.2, 0.25) is 0 Å². The van der Waals surface area contributed by atoms with Crippen molar-refractivity contribution in [2.75, 3.05) is 20.6 Å². The van der Waals surface area contributed by atoms with Crippen molar-refractivity contribution in [1.29, 1.82) is 0 Å². The van der Waals surface area contributed by atoms with Crippen LogP contribution in [-0.2, 0) is 11.2 Å². The first-order valence-electron chi connectivity index (χ1n) is 7.47. The number of carbonyl (C=O) groups is 1. The van der Waals surface area contributed by atoms with Gasteiger partial charge in [0.1, 0.15) is 5.75 Å². The second kappa shape index (κ2) is 8.50. The van der Waals surface area contributed by atoms with Crippen LogP contribution in [0.1, 0.15) is 11.1 Å². The summed E-state index contributed by atoms with van der Waals surface area (Å²) >= 11 is 1.61. The third-order valence-corrected chi connectivity index (χ3v) is 4.32. The minimum atomic E-state index is -0.0891. The predicted molar refractivity (Wildman–Crippen MR) is 95.6 cm³/mol. The Morgan fingerprint density at radius 2 is 2.04 bits per heavy atom. The van der Waals surface area contributed by atoms with Crippen molar-refractivity contribution in [1.82, 2.24) is 10.2 Å². The number of nitrogens with one attached hydrogen (secondary N) is 1. The van der Waals surface area contributed by atoms with Gasteiger partial charge in [-0.3, -0.25) is 4.79 Å². The molecule has 1 aromatic carbocycles. The second-order valence-electron chi connectivity index (χ2n) is 5.62. The van der Waals surface area contributed by atoms with Crippen molar-refractivity contribution in [3.8, 4) is 5.75 Å². The van der Waals surface area contributed by atoms with E-state index in [1.165, 1.54) is 0 Å². The quantitative estimate of drug-likeness (QED) is 0.768. The number of phenols is 1. The van der Waals surface area contributed by atoms with Crippen LogP contribution in [0, 0.1) is 0 Å². The third-order valence-electron chi connectivity index (χ3n) is 3.62. The Morgan fingerprint density at radius 1 is 1.30 bits per heavy atom. The molecule has 0 saturated carbocycles. The Bertz CT molecular complexity index is 634. The molecule has 4 nitrogen and oxygen atoms in total. The lowest BCUT2D eigenvalue weighted by Gasteiger charge is -2.24. The molecule has 0 unspecified atom stereocenters. The molecule has 0 aliphatic heterocycles. The van der Waals surface area contributed by atoms with Crippen LogP contribution in [0.25, 0.3) is 6.08 Å². The van der Waals surface area contributed by atoms with E-state index in [0.29, 0.717) is 6.54 Å². The minimum absolute atomic E-state index is 0.0891. The molecule has 0 spiro atoms. The number of rotatable bonds is 7. The highest BCUT2D eigenvalue weighted by Crippen LogP contribution is 2.12. The molecule has 5 heteroatoms. The first kappa shape index (κ1) is 17.2. The van der Waals surface area contributed by atoms with Crippen LogP contribution in [0.4, 0.5) is 0 Å². The standard InChI is InChI=1S/C18H22N2O2S/c1-20(2)16(11-14-3-6-17(21)7-4-14)12-19-18(22)8-5-15-9-10-23-13-15/h3-10,13,16,21H,11-12H2,1-2H3,(H,19,22)/b8-5+/t16-/m0/s1. The molecule has 1 heterocycles. The number of phenolic OH excluding ortho intramolecular Hbond substituents is 1. The number of nitrogens with zero attached hydrogens (tertiary/aromatic N) is 1. The van der Waals surface area contributed by atoms with Gasteiger partial charge in [-0.15, -0.1) is 0 Å². The van der Waals surface area contributed by atoms with Crippen molar-refractivity contribution in [3.05, 3.63) is 58.3 Å². The van der Waals surface area contributed by atoms with Crippen molar-refractivity contribution < 1.29 is 9.90 Å². The van der Waals surface area contributed by atoms with Crippen molar-refractivity contribution in [3.63, 3.8) is 0 Å². The van der Waals surface area contributed by atoms with Gasteiger partial charge in [-0.1, -0.05) is 12.1 Å². The number of carbonyl (C=O) groups excluding carboxylic acids is 1. The van der Waals surface area contributed by atoms with Gasteiger partial charge in [0.05, 0.1) is 0 Å². The SMILES string of the molecule is CN(C)[C@H](CNC(=O)/C=C/c1ccsc1)Cc1ccc(O)cc1. The molecule has 0 aliphatic carbocycles. The van der Waals surface area contributed by atoms with Crippen LogP contribution in [0.15, 0.2) is 47.2 Å². The monoisotopic (exact) mass is 330 g/mol. The maximum atomic E-state index is 11.9. The highest BCUT2D eigenvalue weighted by Gasteiger charge is 2.13. The molecule has 0 radical (unpaired) electrons. The third kappa shape index (κ3) is 5.88. The van der Waals surface area contributed by atoms with E-state index < -0.39 is 0 Å². The molecule has 0 fully saturated rings. The van der Waals surface area contributed by atoms with Crippen LogP contribution in [0.3, 0.4) is 0 Å². The molecule has 0 bridgehead atoms. The fourth-order valence-electron chi connectivity index (χ4n) is 2.16. The first-order valence-corrected chi connectivity index (χ1v) is 8.41. The zero-order valence-electron chi connectivity index (χ0n) is 13.4. The maximum absolute atomic E-state index is 11.9. The van der Waals surface area contributed by atoms with E-state index in [1.807, 2.05) is 49.1 Å². The summed E-state index contributed by atoms with van der Waals surface area (Å²) in [7, 11) is 4.00. The second-order valence-corrected chi connectivity index (χ2v) is 6.40. The lowest BCUT2D eigenvalue weighted by atomic mass is 10.0. The summed E-state index contributed by atoms with van der Waals surface area (Å²) in [5.41, 5.74) is 2.17. The first-order chi connectivity index (χ1) is 11.0. The van der Waals surface area contributed by atoms with Gasteiger partial charge in [0, 0.05) is 18.7 Å². The summed E-state index contributed by atoms with van der Waals surface area (Å²) in [6.07, 6.45) is 4.19. The largest absolute Gasteiger partial charge is 0.508 e. The Labute approximate surface area is 141 Å². The lowest BCUT2D eigenvalue weighted by molar-refractivity contribution is -0.116. The average Bonchev–Trinajstić information content (AvgIpc) is 3.04. The fraction of sp³-hybridized carbons (Fsp3) is 0.278. The van der Waals surface area contributed by atoms with Crippen LogP contribution >= 0.6 is 11.3 Å². The highest BCUT2D eigenvalue weighted by molar-refractivity contribution is 7.08. The number of aromatic hydroxyl groups is 1. The van der Waals surface area contributed by atoms with Gasteiger partial charge >= 0.3 is 0 Å². The summed E-state index contributed by atoms with van der Waals surface area (Å²) in [5.74, 6) is 0.177. The number of amides is 1. The highest BCUT2D eigenvalue weighted by atomic mass is 32.1. The summed E-state index contributed by atoms with van der Waals surface area (Å²) in [6, 6.07) is 9.35. The molecule has 2 rings (SSSR count). The van der Waals surface area contributed by atoms with Crippen molar-refractivity contribution >= 4 is 23.3 Å². The molecule has 1 amide bonds. The molecule has 0 saturated heterocycles. The van der Waals surface area contributed by atoms with E-state index in [1.54, 1.807) is 29.5 Å². The topological polar surface area (TPSA) is 52.6 Å². The normalized spacial score (nSPS) is 12.7. The fourth-order valence-corrected chi connectivity index (χ4v) is 2.79. The van der Waals surface area contributed by atoms with Gasteiger partial charge < -0.3 is 15.3 Å². The predicted octanol–water partition coefficient (Wildman–Crippen LogP) is 2.76. The Balaban J connectivity index is 1.86. The van der Waals surface area contributed by atoms with Gasteiger partial charge in [0.2, 0.25) is 5.91 Å². The lowest BCUT2D eigenvalue weighted by Crippen LogP contribution is -2.41. The Kier molecular flexibility index (Phi) is 6.38. The van der Waals surface area contributed by atoms with Crippen molar-refractivity contribution in [2.45, 2.75) is 12.5 Å². The average molecular weight is 330 g/mol. The van der Waals surface area contributed by atoms with Gasteiger partial charge in [0.15, 0.2) is 0 Å². The van der Waals surface area contributed by atoms with Gasteiger partial charge in [0.25, 0.3) is 0 Å². The van der Waals surface area contributed by atoms with Crippen molar-refractivity contribution in [2.24, 2.45) is 0 Å². The summed E-state index contributed by atoms with van der Waals surface area (Å²) in [5, 5.41) is 16.3. The molecule has 1 atom stereocenters. The van der Waals surface area contributed by atoms with E-state index in [2.05, 4.69) is 10.2 Å². The number of hydrogen-bond acceptors (Lipinski definition) is 4. The number of thiophene rings is 1. The molecule has 2 N–H and O–H groups in total. The summed E-state index contributed by atoms with van der Waals surface area (Å²) in [6.45, 7) is 0.570. The van der Waals surface area contributed by atoms with Crippen LogP contribution < -0.4 is 5.32 Å². The number of hydrogen-bond donors (Lipinski definition) is 2. The van der Waals surface area contributed by atoms with Crippen LogP contribution in [0.5, 0.6) is 5.75 Å². The van der Waals surface area contributed by atoms with E-state index in [4.69, 9.17) is 0 Å².